The summed E-state index contributed by atoms with van der Waals surface area (Å²) in [6.07, 6.45) is -0.622. The summed E-state index contributed by atoms with van der Waals surface area (Å²) in [4.78, 5) is 31.6. The number of carbonyl (C=O) groups is 2. The van der Waals surface area contributed by atoms with Crippen LogP contribution in [0.1, 0.15) is 6.42 Å². The number of benzene rings is 1. The third kappa shape index (κ3) is 4.56. The fourth-order valence-corrected chi connectivity index (χ4v) is 2.03. The van der Waals surface area contributed by atoms with Crippen LogP contribution in [0.15, 0.2) is 29.2 Å². The van der Waals surface area contributed by atoms with Gasteiger partial charge in [0.2, 0.25) is 0 Å². The first-order valence-electron chi connectivity index (χ1n) is 5.02. The molecule has 0 saturated heterocycles. The number of hydrogen-bond donors (Lipinski definition) is 3. The number of carboxylic acids is 2. The number of carboxylic acid groups (broad SMARTS) is 2. The van der Waals surface area contributed by atoms with Gasteiger partial charge in [-0.2, -0.15) is 0 Å². The molecule has 0 aliphatic heterocycles. The highest BCUT2D eigenvalue weighted by Gasteiger charge is 2.22. The van der Waals surface area contributed by atoms with Crippen LogP contribution in [0, 0.1) is 10.1 Å². The average molecular weight is 286 g/mol. The Labute approximate surface area is 111 Å². The van der Waals surface area contributed by atoms with Gasteiger partial charge in [-0.3, -0.25) is 19.7 Å². The zero-order valence-electron chi connectivity index (χ0n) is 9.48. The van der Waals surface area contributed by atoms with Gasteiger partial charge in [-0.15, -0.1) is 0 Å². The van der Waals surface area contributed by atoms with Gasteiger partial charge in [0.05, 0.1) is 11.3 Å². The SMILES string of the molecule is O=C(O)CC(NSc1ccccc1[N+](=O)[O-])C(=O)O. The van der Waals surface area contributed by atoms with E-state index in [1.165, 1.54) is 18.2 Å². The van der Waals surface area contributed by atoms with Crippen molar-refractivity contribution in [1.82, 2.24) is 4.72 Å². The molecule has 0 aliphatic rings. The standard InChI is InChI=1S/C10H10N2O6S/c13-9(14)5-6(10(15)16)11-19-8-4-2-1-3-7(8)12(17)18/h1-4,6,11H,5H2,(H,13,14)(H,15,16). The Morgan fingerprint density at radius 3 is 2.53 bits per heavy atom. The molecule has 1 aromatic carbocycles. The van der Waals surface area contributed by atoms with Gasteiger partial charge in [-0.1, -0.05) is 12.1 Å². The Bertz CT molecular complexity index is 507. The lowest BCUT2D eigenvalue weighted by atomic mass is 10.2. The second kappa shape index (κ2) is 6.71. The zero-order valence-corrected chi connectivity index (χ0v) is 10.3. The summed E-state index contributed by atoms with van der Waals surface area (Å²) in [6.45, 7) is 0. The lowest BCUT2D eigenvalue weighted by Crippen LogP contribution is -2.34. The van der Waals surface area contributed by atoms with Crippen molar-refractivity contribution in [2.45, 2.75) is 17.4 Å². The first kappa shape index (κ1) is 14.9. The molecule has 3 N–H and O–H groups in total. The van der Waals surface area contributed by atoms with Gasteiger partial charge < -0.3 is 10.2 Å². The van der Waals surface area contributed by atoms with Crippen LogP contribution < -0.4 is 4.72 Å². The molecule has 0 aromatic heterocycles. The molecule has 19 heavy (non-hydrogen) atoms. The number of nitro benzene ring substituents is 1. The van der Waals surface area contributed by atoms with E-state index >= 15 is 0 Å². The predicted octanol–water partition coefficient (Wildman–Crippen LogP) is 1.12. The molecule has 1 atom stereocenters. The van der Waals surface area contributed by atoms with Crippen LogP contribution in [0.25, 0.3) is 0 Å². The van der Waals surface area contributed by atoms with E-state index in [0.29, 0.717) is 0 Å². The average Bonchev–Trinajstić information content (AvgIpc) is 2.34. The van der Waals surface area contributed by atoms with Gasteiger partial charge in [0.15, 0.2) is 0 Å². The Kier molecular flexibility index (Phi) is 5.27. The van der Waals surface area contributed by atoms with E-state index < -0.39 is 29.3 Å². The lowest BCUT2D eigenvalue weighted by molar-refractivity contribution is -0.387. The summed E-state index contributed by atoms with van der Waals surface area (Å²) >= 11 is 0.718. The monoisotopic (exact) mass is 286 g/mol. The summed E-state index contributed by atoms with van der Waals surface area (Å²) in [5, 5.41) is 28.1. The maximum Gasteiger partial charge on any atom is 0.322 e. The maximum atomic E-state index is 10.8. The smallest absolute Gasteiger partial charge is 0.322 e. The van der Waals surface area contributed by atoms with E-state index in [0.717, 1.165) is 11.9 Å². The minimum atomic E-state index is -1.34. The quantitative estimate of drug-likeness (QED) is 0.386. The number of nitrogens with one attached hydrogen (secondary N) is 1. The number of rotatable bonds is 7. The minimum absolute atomic E-state index is 0.181. The third-order valence-corrected chi connectivity index (χ3v) is 3.02. The molecule has 0 radical (unpaired) electrons. The van der Waals surface area contributed by atoms with Crippen molar-refractivity contribution >= 4 is 29.6 Å². The van der Waals surface area contributed by atoms with Crippen LogP contribution in [0.2, 0.25) is 0 Å². The van der Waals surface area contributed by atoms with Crippen LogP contribution in [0.4, 0.5) is 5.69 Å². The van der Waals surface area contributed by atoms with Crippen molar-refractivity contribution in [2.75, 3.05) is 0 Å². The van der Waals surface area contributed by atoms with E-state index in [9.17, 15) is 19.7 Å². The number of nitro groups is 1. The third-order valence-electron chi connectivity index (χ3n) is 2.05. The molecular formula is C10H10N2O6S. The Balaban J connectivity index is 2.77. The summed E-state index contributed by atoms with van der Waals surface area (Å²) in [7, 11) is 0. The molecular weight excluding hydrogens is 276 g/mol. The van der Waals surface area contributed by atoms with Crippen molar-refractivity contribution in [2.24, 2.45) is 0 Å². The summed E-state index contributed by atoms with van der Waals surface area (Å²) in [5.74, 6) is -2.61. The molecule has 0 bridgehead atoms. The van der Waals surface area contributed by atoms with Gasteiger partial charge in [0, 0.05) is 6.07 Å². The van der Waals surface area contributed by atoms with Gasteiger partial charge in [-0.05, 0) is 18.0 Å². The number of nitrogens with zero attached hydrogens (tertiary/aromatic N) is 1. The molecule has 102 valence electrons. The van der Waals surface area contributed by atoms with Crippen LogP contribution in [-0.2, 0) is 9.59 Å². The summed E-state index contributed by atoms with van der Waals surface area (Å²) < 4.78 is 2.39. The first-order valence-corrected chi connectivity index (χ1v) is 5.84. The largest absolute Gasteiger partial charge is 0.481 e. The molecule has 0 spiro atoms. The lowest BCUT2D eigenvalue weighted by Gasteiger charge is -2.11. The minimum Gasteiger partial charge on any atom is -0.481 e. The van der Waals surface area contributed by atoms with Crippen LogP contribution in [-0.4, -0.2) is 33.1 Å². The van der Waals surface area contributed by atoms with Crippen molar-refractivity contribution in [3.8, 4) is 0 Å². The second-order valence-corrected chi connectivity index (χ2v) is 4.31. The molecule has 0 amide bonds. The maximum absolute atomic E-state index is 10.8. The molecule has 1 aromatic rings. The normalized spacial score (nSPS) is 11.8. The predicted molar refractivity (Wildman–Crippen MR) is 65.8 cm³/mol. The highest BCUT2D eigenvalue weighted by atomic mass is 32.2. The highest BCUT2D eigenvalue weighted by molar-refractivity contribution is 7.97. The van der Waals surface area contributed by atoms with Gasteiger partial charge >= 0.3 is 11.9 Å². The summed E-state index contributed by atoms with van der Waals surface area (Å²) in [5.41, 5.74) is -0.181. The zero-order chi connectivity index (χ0) is 14.4. The van der Waals surface area contributed by atoms with Crippen molar-refractivity contribution in [3.63, 3.8) is 0 Å². The van der Waals surface area contributed by atoms with Crippen LogP contribution in [0.3, 0.4) is 0 Å². The van der Waals surface area contributed by atoms with E-state index in [4.69, 9.17) is 10.2 Å². The molecule has 0 aliphatic carbocycles. The van der Waals surface area contributed by atoms with E-state index in [1.807, 2.05) is 0 Å². The van der Waals surface area contributed by atoms with Crippen LogP contribution >= 0.6 is 11.9 Å². The molecule has 9 heteroatoms. The van der Waals surface area contributed by atoms with Gasteiger partial charge in [0.25, 0.3) is 5.69 Å². The number of para-hydroxylation sites is 1. The highest BCUT2D eigenvalue weighted by Crippen LogP contribution is 2.27. The molecule has 0 heterocycles. The fraction of sp³-hybridized carbons (Fsp3) is 0.200. The fourth-order valence-electron chi connectivity index (χ4n) is 1.18. The second-order valence-electron chi connectivity index (χ2n) is 3.43. The Morgan fingerprint density at radius 1 is 1.37 bits per heavy atom. The topological polar surface area (TPSA) is 130 Å². The molecule has 1 rings (SSSR count). The van der Waals surface area contributed by atoms with Crippen molar-refractivity contribution in [3.05, 3.63) is 34.4 Å². The van der Waals surface area contributed by atoms with Crippen molar-refractivity contribution in [1.29, 1.82) is 0 Å². The molecule has 8 nitrogen and oxygen atoms in total. The molecule has 0 fully saturated rings. The van der Waals surface area contributed by atoms with E-state index in [-0.39, 0.29) is 10.6 Å². The van der Waals surface area contributed by atoms with E-state index in [1.54, 1.807) is 6.07 Å². The Hall–Kier alpha value is -2.13. The number of aliphatic carboxylic acids is 2. The van der Waals surface area contributed by atoms with Crippen molar-refractivity contribution < 1.29 is 24.7 Å². The van der Waals surface area contributed by atoms with Crippen LogP contribution in [0.5, 0.6) is 0 Å². The van der Waals surface area contributed by atoms with E-state index in [2.05, 4.69) is 4.72 Å². The number of hydrogen-bond acceptors (Lipinski definition) is 6. The molecule has 1 unspecified atom stereocenters. The summed E-state index contributed by atoms with van der Waals surface area (Å²) in [6, 6.07) is 4.42. The first-order chi connectivity index (χ1) is 8.91. The molecule has 0 saturated carbocycles. The van der Waals surface area contributed by atoms with Gasteiger partial charge in [0.1, 0.15) is 10.9 Å². The Morgan fingerprint density at radius 2 is 2.00 bits per heavy atom. The van der Waals surface area contributed by atoms with Gasteiger partial charge in [-0.25, -0.2) is 4.72 Å².